The molecular formula is C30H40N8O2. The molecular weight excluding hydrogens is 504 g/mol. The summed E-state index contributed by atoms with van der Waals surface area (Å²) in [7, 11) is 5.44. The van der Waals surface area contributed by atoms with E-state index in [9.17, 15) is 9.59 Å². The van der Waals surface area contributed by atoms with E-state index in [1.807, 2.05) is 19.0 Å². The molecule has 2 rings (SSSR count). The minimum absolute atomic E-state index is 0.00239. The molecule has 0 aliphatic carbocycles. The van der Waals surface area contributed by atoms with Crippen LogP contribution >= 0.6 is 0 Å². The normalized spacial score (nSPS) is 10.7. The zero-order chi connectivity index (χ0) is 29.3. The van der Waals surface area contributed by atoms with Crippen molar-refractivity contribution in [3.63, 3.8) is 0 Å². The Kier molecular flexibility index (Phi) is 13.7. The van der Waals surface area contributed by atoms with Gasteiger partial charge in [-0.2, -0.15) is 10.2 Å². The van der Waals surface area contributed by atoms with Crippen molar-refractivity contribution in [2.75, 3.05) is 58.0 Å². The summed E-state index contributed by atoms with van der Waals surface area (Å²) < 4.78 is 0. The quantitative estimate of drug-likeness (QED) is 0.188. The van der Waals surface area contributed by atoms with Gasteiger partial charge in [0.05, 0.1) is 29.9 Å². The maximum Gasteiger partial charge on any atom is 0.246 e. The van der Waals surface area contributed by atoms with Crippen LogP contribution in [0.1, 0.15) is 44.2 Å². The van der Waals surface area contributed by atoms with Gasteiger partial charge in [0.15, 0.2) is 0 Å². The second kappa shape index (κ2) is 17.2. The van der Waals surface area contributed by atoms with Gasteiger partial charge in [-0.05, 0) is 57.1 Å². The Bertz CT molecular complexity index is 1240. The molecule has 3 N–H and O–H groups in total. The number of hydrogen-bond acceptors (Lipinski definition) is 8. The van der Waals surface area contributed by atoms with Crippen LogP contribution in [0, 0.1) is 29.1 Å². The zero-order valence-electron chi connectivity index (χ0n) is 24.1. The topological polar surface area (TPSA) is 126 Å². The van der Waals surface area contributed by atoms with E-state index in [2.05, 4.69) is 57.7 Å². The molecule has 2 aromatic rings. The molecule has 212 valence electrons. The second-order valence-corrected chi connectivity index (χ2v) is 9.99. The number of hydrogen-bond donors (Lipinski definition) is 3. The van der Waals surface area contributed by atoms with Gasteiger partial charge in [-0.25, -0.2) is 4.98 Å². The highest BCUT2D eigenvalue weighted by atomic mass is 16.2. The molecule has 10 nitrogen and oxygen atoms in total. The first-order valence-corrected chi connectivity index (χ1v) is 13.4. The maximum absolute atomic E-state index is 12.2. The molecule has 0 saturated heterocycles. The Balaban J connectivity index is 1.89. The van der Waals surface area contributed by atoms with E-state index in [0.29, 0.717) is 54.7 Å². The molecule has 0 saturated carbocycles. The molecule has 0 fully saturated rings. The standard InChI is InChI=1S/C30H40N8O2/c1-23(2)16-18-33-29-25(21-34-30(36-29)35-26-14-12-24(20-31)13-15-26)10-7-6-8-17-32-27(39)22-38(5)28(40)11-9-19-37(3)4/h9,11-15,21,23H,6,8,16-19,22H2,1-5H3,(H,32,39)(H2,33,34,35,36)/b11-9+. The average Bonchev–Trinajstić information content (AvgIpc) is 2.91. The third-order valence-corrected chi connectivity index (χ3v) is 5.58. The molecule has 1 aromatic heterocycles. The van der Waals surface area contributed by atoms with E-state index in [1.54, 1.807) is 43.6 Å². The number of carbonyl (C=O) groups is 2. The number of amides is 2. The fourth-order valence-electron chi connectivity index (χ4n) is 3.31. The monoisotopic (exact) mass is 544 g/mol. The van der Waals surface area contributed by atoms with Gasteiger partial charge in [0, 0.05) is 44.9 Å². The summed E-state index contributed by atoms with van der Waals surface area (Å²) in [6.45, 7) is 6.22. The van der Waals surface area contributed by atoms with Crippen molar-refractivity contribution in [3.05, 3.63) is 53.7 Å². The van der Waals surface area contributed by atoms with Crippen molar-refractivity contribution in [1.29, 1.82) is 5.26 Å². The molecule has 0 aliphatic heterocycles. The predicted molar refractivity (Wildman–Crippen MR) is 159 cm³/mol. The number of nitriles is 1. The smallest absolute Gasteiger partial charge is 0.246 e. The molecule has 0 bridgehead atoms. The second-order valence-electron chi connectivity index (χ2n) is 9.99. The van der Waals surface area contributed by atoms with Crippen LogP contribution in [0.25, 0.3) is 0 Å². The predicted octanol–water partition coefficient (Wildman–Crippen LogP) is 3.37. The Morgan fingerprint density at radius 2 is 1.88 bits per heavy atom. The van der Waals surface area contributed by atoms with Gasteiger partial charge in [-0.1, -0.05) is 31.8 Å². The van der Waals surface area contributed by atoms with Crippen molar-refractivity contribution in [2.24, 2.45) is 5.92 Å². The van der Waals surface area contributed by atoms with Crippen LogP contribution in [0.2, 0.25) is 0 Å². The van der Waals surface area contributed by atoms with E-state index < -0.39 is 0 Å². The Hall–Kier alpha value is -4.41. The minimum atomic E-state index is -0.208. The van der Waals surface area contributed by atoms with Gasteiger partial charge in [0.2, 0.25) is 17.8 Å². The SMILES string of the molecule is CC(C)CCNc1nc(Nc2ccc(C#N)cc2)ncc1C#CCCCNC(=O)CN(C)C(=O)/C=C/CN(C)C. The Labute approximate surface area is 237 Å². The van der Waals surface area contributed by atoms with Gasteiger partial charge in [0.1, 0.15) is 5.82 Å². The number of nitrogens with one attached hydrogen (secondary N) is 3. The number of unbranched alkanes of at least 4 members (excludes halogenated alkanes) is 1. The number of carbonyl (C=O) groups excluding carboxylic acids is 2. The lowest BCUT2D eigenvalue weighted by atomic mass is 10.1. The van der Waals surface area contributed by atoms with E-state index in [4.69, 9.17) is 5.26 Å². The first kappa shape index (κ1) is 31.8. The van der Waals surface area contributed by atoms with Gasteiger partial charge in [0.25, 0.3) is 0 Å². The van der Waals surface area contributed by atoms with Gasteiger partial charge in [-0.15, -0.1) is 0 Å². The summed E-state index contributed by atoms with van der Waals surface area (Å²) >= 11 is 0. The lowest BCUT2D eigenvalue weighted by Crippen LogP contribution is -2.38. The lowest BCUT2D eigenvalue weighted by molar-refractivity contribution is -0.131. The lowest BCUT2D eigenvalue weighted by Gasteiger charge is -2.14. The van der Waals surface area contributed by atoms with E-state index in [0.717, 1.165) is 18.7 Å². The summed E-state index contributed by atoms with van der Waals surface area (Å²) in [6.07, 6.45) is 7.18. The van der Waals surface area contributed by atoms with E-state index in [1.165, 1.54) is 11.0 Å². The summed E-state index contributed by atoms with van der Waals surface area (Å²) in [6, 6.07) is 9.18. The maximum atomic E-state index is 12.2. The van der Waals surface area contributed by atoms with Crippen LogP contribution in [-0.2, 0) is 9.59 Å². The van der Waals surface area contributed by atoms with Crippen LogP contribution in [-0.4, -0.2) is 78.9 Å². The average molecular weight is 545 g/mol. The number of nitrogens with zero attached hydrogens (tertiary/aromatic N) is 5. The van der Waals surface area contributed by atoms with Crippen molar-refractivity contribution in [3.8, 4) is 17.9 Å². The van der Waals surface area contributed by atoms with Gasteiger partial charge in [-0.3, -0.25) is 9.59 Å². The molecule has 40 heavy (non-hydrogen) atoms. The minimum Gasteiger partial charge on any atom is -0.369 e. The highest BCUT2D eigenvalue weighted by Gasteiger charge is 2.10. The summed E-state index contributed by atoms with van der Waals surface area (Å²) in [5.41, 5.74) is 2.06. The number of benzene rings is 1. The fourth-order valence-corrected chi connectivity index (χ4v) is 3.31. The molecule has 0 aliphatic rings. The van der Waals surface area contributed by atoms with Crippen LogP contribution in [0.4, 0.5) is 17.5 Å². The largest absolute Gasteiger partial charge is 0.369 e. The first-order chi connectivity index (χ1) is 19.2. The summed E-state index contributed by atoms with van der Waals surface area (Å²) in [5, 5.41) is 18.3. The molecule has 10 heteroatoms. The highest BCUT2D eigenvalue weighted by Crippen LogP contribution is 2.18. The molecule has 0 spiro atoms. The van der Waals surface area contributed by atoms with Crippen molar-refractivity contribution in [1.82, 2.24) is 25.1 Å². The fraction of sp³-hybridized carbons (Fsp3) is 0.433. The van der Waals surface area contributed by atoms with Crippen LogP contribution in [0.15, 0.2) is 42.6 Å². The molecule has 0 radical (unpaired) electrons. The van der Waals surface area contributed by atoms with Gasteiger partial charge >= 0.3 is 0 Å². The van der Waals surface area contributed by atoms with E-state index >= 15 is 0 Å². The summed E-state index contributed by atoms with van der Waals surface area (Å²) in [4.78, 5) is 36.6. The van der Waals surface area contributed by atoms with Crippen LogP contribution < -0.4 is 16.0 Å². The number of rotatable bonds is 14. The number of anilines is 3. The molecule has 1 aromatic carbocycles. The zero-order valence-corrected chi connectivity index (χ0v) is 24.1. The Morgan fingerprint density at radius 3 is 2.55 bits per heavy atom. The Morgan fingerprint density at radius 1 is 1.12 bits per heavy atom. The molecule has 1 heterocycles. The molecule has 0 unspecified atom stereocenters. The van der Waals surface area contributed by atoms with Crippen LogP contribution in [0.3, 0.4) is 0 Å². The van der Waals surface area contributed by atoms with Crippen molar-refractivity contribution < 1.29 is 9.59 Å². The summed E-state index contributed by atoms with van der Waals surface area (Å²) in [5.74, 6) is 7.50. The van der Waals surface area contributed by atoms with Crippen LogP contribution in [0.5, 0.6) is 0 Å². The van der Waals surface area contributed by atoms with Crippen molar-refractivity contribution in [2.45, 2.75) is 33.1 Å². The van der Waals surface area contributed by atoms with E-state index in [-0.39, 0.29) is 18.4 Å². The third-order valence-electron chi connectivity index (χ3n) is 5.58. The highest BCUT2D eigenvalue weighted by molar-refractivity contribution is 5.91. The number of aromatic nitrogens is 2. The van der Waals surface area contributed by atoms with Gasteiger partial charge < -0.3 is 25.8 Å². The third kappa shape index (κ3) is 12.4. The first-order valence-electron chi connectivity index (χ1n) is 13.4. The molecule has 0 atom stereocenters. The van der Waals surface area contributed by atoms with Crippen molar-refractivity contribution >= 4 is 29.3 Å². The molecule has 2 amide bonds. The number of likely N-dealkylation sites (N-methyl/N-ethyl adjacent to an activating group) is 2.